The monoisotopic (exact) mass is 326 g/mol. The highest BCUT2D eigenvalue weighted by molar-refractivity contribution is 5.92. The predicted octanol–water partition coefficient (Wildman–Crippen LogP) is 3.86. The van der Waals surface area contributed by atoms with Crippen molar-refractivity contribution >= 4 is 17.5 Å². The van der Waals surface area contributed by atoms with Gasteiger partial charge >= 0.3 is 0 Å². The second-order valence-corrected chi connectivity index (χ2v) is 5.79. The second-order valence-electron chi connectivity index (χ2n) is 5.79. The number of amides is 1. The number of carbonyl (C=O) groups is 1. The van der Waals surface area contributed by atoms with Crippen LogP contribution in [0.1, 0.15) is 49.2 Å². The summed E-state index contributed by atoms with van der Waals surface area (Å²) in [6.07, 6.45) is 4.88. The molecule has 0 saturated carbocycles. The Morgan fingerprint density at radius 2 is 2.04 bits per heavy atom. The highest BCUT2D eigenvalue weighted by Gasteiger charge is 2.14. The van der Waals surface area contributed by atoms with Crippen LogP contribution in [0.2, 0.25) is 0 Å². The van der Waals surface area contributed by atoms with Gasteiger partial charge in [-0.15, -0.1) is 0 Å². The van der Waals surface area contributed by atoms with Crippen LogP contribution in [-0.2, 0) is 0 Å². The largest absolute Gasteiger partial charge is 0.351 e. The van der Waals surface area contributed by atoms with Gasteiger partial charge < -0.3 is 10.2 Å². The first-order chi connectivity index (χ1) is 11.7. The Balaban J connectivity index is 2.14. The molecule has 2 rings (SSSR count). The van der Waals surface area contributed by atoms with Crippen molar-refractivity contribution in [3.05, 3.63) is 47.8 Å². The Labute approximate surface area is 144 Å². The minimum absolute atomic E-state index is 0.143. The van der Waals surface area contributed by atoms with Crippen molar-refractivity contribution < 1.29 is 4.79 Å². The van der Waals surface area contributed by atoms with Crippen LogP contribution in [-0.4, -0.2) is 29.0 Å². The lowest BCUT2D eigenvalue weighted by Gasteiger charge is -2.21. The lowest BCUT2D eigenvalue weighted by Crippen LogP contribution is -2.27. The van der Waals surface area contributed by atoms with Crippen LogP contribution in [0.4, 0.5) is 11.6 Å². The molecule has 1 aromatic heterocycles. The lowest BCUT2D eigenvalue weighted by atomic mass is 10.2. The standard InChI is InChI=1S/C19H26N4O/c1-4-6-7-12-20-18(24)17-11-13-21-19(22-17)23(5-2)16-10-8-9-15(3)14-16/h8-11,13-14H,4-7,12H2,1-3H3,(H,20,24). The number of anilines is 2. The van der Waals surface area contributed by atoms with Crippen LogP contribution >= 0.6 is 0 Å². The molecule has 0 saturated heterocycles. The summed E-state index contributed by atoms with van der Waals surface area (Å²) < 4.78 is 0. The molecule has 5 heteroatoms. The van der Waals surface area contributed by atoms with Crippen molar-refractivity contribution in [2.45, 2.75) is 40.0 Å². The molecule has 2 aromatic rings. The van der Waals surface area contributed by atoms with Crippen molar-refractivity contribution in [1.82, 2.24) is 15.3 Å². The molecular formula is C19H26N4O. The SMILES string of the molecule is CCCCCNC(=O)c1ccnc(N(CC)c2cccc(C)c2)n1. The molecule has 0 radical (unpaired) electrons. The molecule has 128 valence electrons. The van der Waals surface area contributed by atoms with E-state index >= 15 is 0 Å². The van der Waals surface area contributed by atoms with Gasteiger partial charge in [0.05, 0.1) is 0 Å². The molecule has 0 aliphatic rings. The summed E-state index contributed by atoms with van der Waals surface area (Å²) in [4.78, 5) is 23.0. The number of nitrogens with one attached hydrogen (secondary N) is 1. The molecule has 1 amide bonds. The zero-order valence-electron chi connectivity index (χ0n) is 14.7. The molecule has 0 fully saturated rings. The third-order valence-corrected chi connectivity index (χ3v) is 3.81. The summed E-state index contributed by atoms with van der Waals surface area (Å²) in [6, 6.07) is 9.83. The Morgan fingerprint density at radius 3 is 2.75 bits per heavy atom. The van der Waals surface area contributed by atoms with Crippen LogP contribution in [0.5, 0.6) is 0 Å². The van der Waals surface area contributed by atoms with E-state index in [0.29, 0.717) is 18.2 Å². The zero-order valence-corrected chi connectivity index (χ0v) is 14.7. The van der Waals surface area contributed by atoms with E-state index in [0.717, 1.165) is 31.5 Å². The average Bonchev–Trinajstić information content (AvgIpc) is 2.60. The van der Waals surface area contributed by atoms with Gasteiger partial charge in [-0.25, -0.2) is 9.97 Å². The highest BCUT2D eigenvalue weighted by atomic mass is 16.1. The van der Waals surface area contributed by atoms with Crippen molar-refractivity contribution in [3.63, 3.8) is 0 Å². The van der Waals surface area contributed by atoms with Crippen molar-refractivity contribution in [3.8, 4) is 0 Å². The molecule has 1 N–H and O–H groups in total. The summed E-state index contributed by atoms with van der Waals surface area (Å²) >= 11 is 0. The van der Waals surface area contributed by atoms with Gasteiger partial charge in [0, 0.05) is 25.0 Å². The van der Waals surface area contributed by atoms with E-state index in [4.69, 9.17) is 0 Å². The molecule has 0 aliphatic carbocycles. The molecule has 0 bridgehead atoms. The maximum Gasteiger partial charge on any atom is 0.270 e. The molecule has 0 spiro atoms. The summed E-state index contributed by atoms with van der Waals surface area (Å²) in [5.74, 6) is 0.402. The number of carbonyl (C=O) groups excluding carboxylic acids is 1. The fourth-order valence-corrected chi connectivity index (χ4v) is 2.51. The second kappa shape index (κ2) is 9.01. The fraction of sp³-hybridized carbons (Fsp3) is 0.421. The lowest BCUT2D eigenvalue weighted by molar-refractivity contribution is 0.0948. The summed E-state index contributed by atoms with van der Waals surface area (Å²) in [5, 5.41) is 2.92. The molecule has 24 heavy (non-hydrogen) atoms. The van der Waals surface area contributed by atoms with E-state index in [9.17, 15) is 4.79 Å². The van der Waals surface area contributed by atoms with Crippen molar-refractivity contribution in [2.75, 3.05) is 18.0 Å². The number of aryl methyl sites for hydroxylation is 1. The van der Waals surface area contributed by atoms with Gasteiger partial charge in [-0.1, -0.05) is 31.9 Å². The number of nitrogens with zero attached hydrogens (tertiary/aromatic N) is 3. The smallest absolute Gasteiger partial charge is 0.270 e. The zero-order chi connectivity index (χ0) is 17.4. The molecule has 0 aliphatic heterocycles. The summed E-state index contributed by atoms with van der Waals surface area (Å²) in [6.45, 7) is 7.65. The van der Waals surface area contributed by atoms with Crippen LogP contribution in [0, 0.1) is 6.92 Å². The minimum atomic E-state index is -0.143. The van der Waals surface area contributed by atoms with Crippen molar-refractivity contribution in [2.24, 2.45) is 0 Å². The Kier molecular flexibility index (Phi) is 6.73. The van der Waals surface area contributed by atoms with Crippen LogP contribution in [0.3, 0.4) is 0 Å². The average molecular weight is 326 g/mol. The van der Waals surface area contributed by atoms with Crippen molar-refractivity contribution in [1.29, 1.82) is 0 Å². The van der Waals surface area contributed by atoms with Crippen LogP contribution < -0.4 is 10.2 Å². The first-order valence-corrected chi connectivity index (χ1v) is 8.61. The number of aromatic nitrogens is 2. The Bertz CT molecular complexity index is 672. The van der Waals surface area contributed by atoms with E-state index in [1.54, 1.807) is 12.3 Å². The fourth-order valence-electron chi connectivity index (χ4n) is 2.51. The van der Waals surface area contributed by atoms with Crippen LogP contribution in [0.25, 0.3) is 0 Å². The number of rotatable bonds is 8. The van der Waals surface area contributed by atoms with E-state index in [2.05, 4.69) is 41.3 Å². The molecule has 5 nitrogen and oxygen atoms in total. The number of hydrogen-bond acceptors (Lipinski definition) is 4. The quantitative estimate of drug-likeness (QED) is 0.748. The van der Waals surface area contributed by atoms with Crippen LogP contribution in [0.15, 0.2) is 36.5 Å². The maximum absolute atomic E-state index is 12.2. The van der Waals surface area contributed by atoms with E-state index in [-0.39, 0.29) is 5.91 Å². The molecule has 1 aromatic carbocycles. The van der Waals surface area contributed by atoms with E-state index in [1.807, 2.05) is 24.0 Å². The third-order valence-electron chi connectivity index (χ3n) is 3.81. The van der Waals surface area contributed by atoms with Gasteiger partial charge in [0.2, 0.25) is 5.95 Å². The van der Waals surface area contributed by atoms with Gasteiger partial charge in [-0.3, -0.25) is 4.79 Å². The first-order valence-electron chi connectivity index (χ1n) is 8.61. The normalized spacial score (nSPS) is 10.5. The topological polar surface area (TPSA) is 58.1 Å². The third kappa shape index (κ3) is 4.78. The summed E-state index contributed by atoms with van der Waals surface area (Å²) in [7, 11) is 0. The Hall–Kier alpha value is -2.43. The maximum atomic E-state index is 12.2. The van der Waals surface area contributed by atoms with Gasteiger partial charge in [0.15, 0.2) is 0 Å². The van der Waals surface area contributed by atoms with Gasteiger partial charge in [-0.05, 0) is 44.0 Å². The highest BCUT2D eigenvalue weighted by Crippen LogP contribution is 2.22. The Morgan fingerprint density at radius 1 is 1.21 bits per heavy atom. The first kappa shape index (κ1) is 17.9. The number of unbranched alkanes of at least 4 members (excludes halogenated alkanes) is 2. The molecular weight excluding hydrogens is 300 g/mol. The van der Waals surface area contributed by atoms with Gasteiger partial charge in [0.1, 0.15) is 5.69 Å². The molecule has 0 atom stereocenters. The van der Waals surface area contributed by atoms with E-state index < -0.39 is 0 Å². The number of benzene rings is 1. The van der Waals surface area contributed by atoms with Gasteiger partial charge in [-0.2, -0.15) is 0 Å². The number of hydrogen-bond donors (Lipinski definition) is 1. The predicted molar refractivity (Wildman–Crippen MR) is 97.7 cm³/mol. The minimum Gasteiger partial charge on any atom is -0.351 e. The van der Waals surface area contributed by atoms with E-state index in [1.165, 1.54) is 5.56 Å². The molecule has 0 unspecified atom stereocenters. The molecule has 1 heterocycles. The van der Waals surface area contributed by atoms with Gasteiger partial charge in [0.25, 0.3) is 5.91 Å². The summed E-state index contributed by atoms with van der Waals surface area (Å²) in [5.41, 5.74) is 2.61.